The molecule has 0 aliphatic heterocycles. The minimum absolute atomic E-state index is 0.202. The second-order valence-electron chi connectivity index (χ2n) is 5.80. The summed E-state index contributed by atoms with van der Waals surface area (Å²) in [6.45, 7) is 6.85. The first kappa shape index (κ1) is 15.9. The number of hydrogen-bond acceptors (Lipinski definition) is 4. The Bertz CT molecular complexity index is 667. The maximum absolute atomic E-state index is 12.1. The maximum Gasteiger partial charge on any atom is 0.256 e. The Morgan fingerprint density at radius 1 is 1.36 bits per heavy atom. The number of rotatable bonds is 5. The molecule has 116 valence electrons. The molecule has 0 atom stereocenters. The van der Waals surface area contributed by atoms with E-state index in [1.54, 1.807) is 0 Å². The Morgan fingerprint density at radius 3 is 2.77 bits per heavy atom. The highest BCUT2D eigenvalue weighted by atomic mass is 16.1. The van der Waals surface area contributed by atoms with Gasteiger partial charge in [0.15, 0.2) is 5.82 Å². The molecule has 0 aliphatic carbocycles. The zero-order valence-electron chi connectivity index (χ0n) is 13.3. The van der Waals surface area contributed by atoms with Crippen molar-refractivity contribution in [2.24, 2.45) is 5.92 Å². The van der Waals surface area contributed by atoms with Gasteiger partial charge in [0.25, 0.3) is 5.91 Å². The number of nitrogens with one attached hydrogen (secondary N) is 1. The predicted octanol–water partition coefficient (Wildman–Crippen LogP) is 2.81. The van der Waals surface area contributed by atoms with Crippen LogP contribution in [0.1, 0.15) is 36.2 Å². The van der Waals surface area contributed by atoms with Crippen molar-refractivity contribution in [2.45, 2.75) is 27.2 Å². The van der Waals surface area contributed by atoms with E-state index in [1.165, 1.54) is 6.20 Å². The van der Waals surface area contributed by atoms with Gasteiger partial charge in [0.2, 0.25) is 0 Å². The van der Waals surface area contributed by atoms with Gasteiger partial charge >= 0.3 is 0 Å². The van der Waals surface area contributed by atoms with Crippen molar-refractivity contribution in [3.05, 3.63) is 41.6 Å². The van der Waals surface area contributed by atoms with E-state index in [9.17, 15) is 4.79 Å². The van der Waals surface area contributed by atoms with E-state index in [0.29, 0.717) is 23.9 Å². The summed E-state index contributed by atoms with van der Waals surface area (Å²) in [6.07, 6.45) is 2.42. The lowest BCUT2D eigenvalue weighted by Crippen LogP contribution is -2.26. The van der Waals surface area contributed by atoms with Crippen LogP contribution in [0.2, 0.25) is 0 Å². The number of hydrogen-bond donors (Lipinski definition) is 2. The van der Waals surface area contributed by atoms with Crippen LogP contribution in [0.15, 0.2) is 30.5 Å². The van der Waals surface area contributed by atoms with E-state index in [0.717, 1.165) is 17.5 Å². The van der Waals surface area contributed by atoms with Crippen molar-refractivity contribution < 1.29 is 4.79 Å². The Balaban J connectivity index is 2.14. The molecule has 1 aromatic heterocycles. The van der Waals surface area contributed by atoms with Gasteiger partial charge in [-0.15, -0.1) is 0 Å². The summed E-state index contributed by atoms with van der Waals surface area (Å²) in [5, 5.41) is 2.84. The number of carbonyl (C=O) groups excluding carboxylic acids is 1. The molecule has 2 aromatic rings. The molecule has 22 heavy (non-hydrogen) atoms. The lowest BCUT2D eigenvalue weighted by atomic mass is 10.1. The molecule has 2 rings (SSSR count). The first-order valence-corrected chi connectivity index (χ1v) is 7.45. The molecule has 0 aliphatic rings. The number of carbonyl (C=O) groups is 1. The third-order valence-electron chi connectivity index (χ3n) is 3.35. The average Bonchev–Trinajstić information content (AvgIpc) is 2.46. The second kappa shape index (κ2) is 7.02. The van der Waals surface area contributed by atoms with Gasteiger partial charge in [-0.2, -0.15) is 0 Å². The molecule has 0 spiro atoms. The largest absolute Gasteiger partial charge is 0.383 e. The van der Waals surface area contributed by atoms with Gasteiger partial charge in [-0.05, 0) is 25.3 Å². The van der Waals surface area contributed by atoms with E-state index in [-0.39, 0.29) is 11.7 Å². The molecule has 0 saturated heterocycles. The highest BCUT2D eigenvalue weighted by molar-refractivity contribution is 5.98. The predicted molar refractivity (Wildman–Crippen MR) is 88.4 cm³/mol. The minimum Gasteiger partial charge on any atom is -0.383 e. The van der Waals surface area contributed by atoms with Gasteiger partial charge in [-0.1, -0.05) is 37.6 Å². The molecular formula is C17H22N4O. The maximum atomic E-state index is 12.1. The quantitative estimate of drug-likeness (QED) is 0.889. The SMILES string of the molecule is Cc1cccc(-c2ncc(C(=O)NCCC(C)C)c(N)n2)c1. The summed E-state index contributed by atoms with van der Waals surface area (Å²) in [6, 6.07) is 7.85. The number of anilines is 1. The van der Waals surface area contributed by atoms with Crippen molar-refractivity contribution in [1.82, 2.24) is 15.3 Å². The van der Waals surface area contributed by atoms with Crippen LogP contribution in [0.3, 0.4) is 0 Å². The number of nitrogen functional groups attached to an aromatic ring is 1. The summed E-state index contributed by atoms with van der Waals surface area (Å²) >= 11 is 0. The number of nitrogens with two attached hydrogens (primary N) is 1. The molecule has 5 heteroatoms. The van der Waals surface area contributed by atoms with Crippen LogP contribution in [0, 0.1) is 12.8 Å². The van der Waals surface area contributed by atoms with Gasteiger partial charge in [0.1, 0.15) is 5.82 Å². The van der Waals surface area contributed by atoms with E-state index in [4.69, 9.17) is 5.73 Å². The lowest BCUT2D eigenvalue weighted by molar-refractivity contribution is 0.0952. The van der Waals surface area contributed by atoms with Crippen molar-refractivity contribution in [3.8, 4) is 11.4 Å². The third-order valence-corrected chi connectivity index (χ3v) is 3.35. The molecule has 1 aromatic carbocycles. The van der Waals surface area contributed by atoms with Crippen LogP contribution in [0.25, 0.3) is 11.4 Å². The molecule has 1 heterocycles. The summed E-state index contributed by atoms with van der Waals surface area (Å²) in [7, 11) is 0. The summed E-state index contributed by atoms with van der Waals surface area (Å²) in [5.41, 5.74) is 8.24. The standard InChI is InChI=1S/C17H22N4O/c1-11(2)7-8-19-17(22)14-10-20-16(21-15(14)18)13-6-4-5-12(3)9-13/h4-6,9-11H,7-8H2,1-3H3,(H,19,22)(H2,18,20,21). The van der Waals surface area contributed by atoms with Crippen molar-refractivity contribution >= 4 is 11.7 Å². The smallest absolute Gasteiger partial charge is 0.256 e. The number of benzene rings is 1. The fourth-order valence-electron chi connectivity index (χ4n) is 2.06. The van der Waals surface area contributed by atoms with Gasteiger partial charge in [-0.25, -0.2) is 9.97 Å². The zero-order valence-corrected chi connectivity index (χ0v) is 13.3. The van der Waals surface area contributed by atoms with Crippen LogP contribution in [0.4, 0.5) is 5.82 Å². The number of aryl methyl sites for hydroxylation is 1. The molecule has 0 radical (unpaired) electrons. The second-order valence-corrected chi connectivity index (χ2v) is 5.80. The molecule has 5 nitrogen and oxygen atoms in total. The van der Waals surface area contributed by atoms with Gasteiger partial charge < -0.3 is 11.1 Å². The van der Waals surface area contributed by atoms with Gasteiger partial charge in [0, 0.05) is 18.3 Å². The minimum atomic E-state index is -0.228. The molecule has 0 saturated carbocycles. The Kier molecular flexibility index (Phi) is 5.09. The van der Waals surface area contributed by atoms with E-state index >= 15 is 0 Å². The van der Waals surface area contributed by atoms with Crippen LogP contribution >= 0.6 is 0 Å². The first-order chi connectivity index (χ1) is 10.5. The fourth-order valence-corrected chi connectivity index (χ4v) is 2.06. The molecule has 0 bridgehead atoms. The van der Waals surface area contributed by atoms with Crippen LogP contribution in [-0.4, -0.2) is 22.4 Å². The summed E-state index contributed by atoms with van der Waals surface area (Å²) in [5.74, 6) is 1.04. The van der Waals surface area contributed by atoms with Crippen molar-refractivity contribution in [1.29, 1.82) is 0 Å². The molecule has 1 amide bonds. The number of nitrogens with zero attached hydrogens (tertiary/aromatic N) is 2. The van der Waals surface area contributed by atoms with Crippen LogP contribution in [0.5, 0.6) is 0 Å². The molecule has 0 fully saturated rings. The van der Waals surface area contributed by atoms with Crippen molar-refractivity contribution in [2.75, 3.05) is 12.3 Å². The number of amides is 1. The van der Waals surface area contributed by atoms with E-state index < -0.39 is 0 Å². The Labute approximate surface area is 131 Å². The average molecular weight is 298 g/mol. The van der Waals surface area contributed by atoms with Gasteiger partial charge in [-0.3, -0.25) is 4.79 Å². The molecule has 0 unspecified atom stereocenters. The first-order valence-electron chi connectivity index (χ1n) is 7.45. The zero-order chi connectivity index (χ0) is 16.1. The monoisotopic (exact) mass is 298 g/mol. The summed E-state index contributed by atoms with van der Waals surface area (Å²) < 4.78 is 0. The highest BCUT2D eigenvalue weighted by Gasteiger charge is 2.13. The summed E-state index contributed by atoms with van der Waals surface area (Å²) in [4.78, 5) is 20.6. The highest BCUT2D eigenvalue weighted by Crippen LogP contribution is 2.18. The molecule has 3 N–H and O–H groups in total. The topological polar surface area (TPSA) is 80.9 Å². The fraction of sp³-hybridized carbons (Fsp3) is 0.353. The van der Waals surface area contributed by atoms with Crippen LogP contribution < -0.4 is 11.1 Å². The van der Waals surface area contributed by atoms with Gasteiger partial charge in [0.05, 0.1) is 5.56 Å². The van der Waals surface area contributed by atoms with Crippen LogP contribution in [-0.2, 0) is 0 Å². The van der Waals surface area contributed by atoms with Crippen molar-refractivity contribution in [3.63, 3.8) is 0 Å². The normalized spacial score (nSPS) is 10.7. The van der Waals surface area contributed by atoms with E-state index in [2.05, 4.69) is 29.1 Å². The molecular weight excluding hydrogens is 276 g/mol. The Morgan fingerprint density at radius 2 is 2.14 bits per heavy atom. The number of aromatic nitrogens is 2. The van der Waals surface area contributed by atoms with E-state index in [1.807, 2.05) is 31.2 Å². The Hall–Kier alpha value is -2.43. The third kappa shape index (κ3) is 4.04. The lowest BCUT2D eigenvalue weighted by Gasteiger charge is -2.09.